The first-order valence-corrected chi connectivity index (χ1v) is 7.35. The van der Waals surface area contributed by atoms with Crippen molar-refractivity contribution >= 4 is 23.8 Å². The Morgan fingerprint density at radius 2 is 2.17 bits per heavy atom. The maximum Gasteiger partial charge on any atom is 0.328 e. The van der Waals surface area contributed by atoms with Crippen LogP contribution in [0.1, 0.15) is 31.4 Å². The molecule has 0 heterocycles. The topological polar surface area (TPSA) is 37.3 Å². The molecule has 0 aliphatic carbocycles. The first-order chi connectivity index (χ1) is 8.63. The van der Waals surface area contributed by atoms with Crippen LogP contribution in [0.3, 0.4) is 0 Å². The van der Waals surface area contributed by atoms with Crippen molar-refractivity contribution in [3.05, 3.63) is 41.5 Å². The molecule has 0 aliphatic rings. The average Bonchev–Trinajstić information content (AvgIpc) is 2.37. The van der Waals surface area contributed by atoms with Crippen LogP contribution in [0.15, 0.2) is 30.3 Å². The third kappa shape index (κ3) is 5.41. The molecule has 0 aromatic heterocycles. The quantitative estimate of drug-likeness (QED) is 0.754. The van der Waals surface area contributed by atoms with E-state index in [-0.39, 0.29) is 0 Å². The largest absolute Gasteiger partial charge is 0.478 e. The second-order valence-corrected chi connectivity index (χ2v) is 5.43. The van der Waals surface area contributed by atoms with Gasteiger partial charge in [0.25, 0.3) is 0 Å². The van der Waals surface area contributed by atoms with Crippen molar-refractivity contribution in [1.82, 2.24) is 0 Å². The van der Waals surface area contributed by atoms with Crippen molar-refractivity contribution in [2.24, 2.45) is 5.92 Å². The van der Waals surface area contributed by atoms with Gasteiger partial charge in [0.15, 0.2) is 0 Å². The van der Waals surface area contributed by atoms with Gasteiger partial charge in [0.2, 0.25) is 0 Å². The van der Waals surface area contributed by atoms with Crippen molar-refractivity contribution in [2.45, 2.75) is 26.0 Å². The van der Waals surface area contributed by atoms with Gasteiger partial charge in [-0.2, -0.15) is 11.8 Å². The molecule has 18 heavy (non-hydrogen) atoms. The van der Waals surface area contributed by atoms with E-state index >= 15 is 0 Å². The molecular weight excluding hydrogens is 244 g/mol. The summed E-state index contributed by atoms with van der Waals surface area (Å²) >= 11 is 1.91. The molecule has 0 radical (unpaired) electrons. The van der Waals surface area contributed by atoms with E-state index in [2.05, 4.69) is 19.9 Å². The fourth-order valence-electron chi connectivity index (χ4n) is 1.48. The molecule has 0 bridgehead atoms. The lowest BCUT2D eigenvalue weighted by Crippen LogP contribution is -1.96. The van der Waals surface area contributed by atoms with Gasteiger partial charge in [0.05, 0.1) is 0 Å². The lowest BCUT2D eigenvalue weighted by molar-refractivity contribution is -0.131. The van der Waals surface area contributed by atoms with Crippen molar-refractivity contribution in [3.63, 3.8) is 0 Å². The van der Waals surface area contributed by atoms with E-state index in [4.69, 9.17) is 5.11 Å². The van der Waals surface area contributed by atoms with E-state index in [1.54, 1.807) is 6.08 Å². The summed E-state index contributed by atoms with van der Waals surface area (Å²) in [7, 11) is 0. The van der Waals surface area contributed by atoms with Crippen LogP contribution in [-0.4, -0.2) is 16.8 Å². The predicted molar refractivity (Wildman–Crippen MR) is 78.7 cm³/mol. The SMILES string of the molecule is CCC(C)CSCc1ccccc1/C=C/C(=O)O. The van der Waals surface area contributed by atoms with E-state index < -0.39 is 5.97 Å². The summed E-state index contributed by atoms with van der Waals surface area (Å²) < 4.78 is 0. The molecule has 0 spiro atoms. The van der Waals surface area contributed by atoms with Gasteiger partial charge in [-0.05, 0) is 28.9 Å². The van der Waals surface area contributed by atoms with Gasteiger partial charge in [-0.3, -0.25) is 0 Å². The van der Waals surface area contributed by atoms with Crippen molar-refractivity contribution in [2.75, 3.05) is 5.75 Å². The molecule has 1 aromatic carbocycles. The fourth-order valence-corrected chi connectivity index (χ4v) is 2.72. The minimum atomic E-state index is -0.905. The highest BCUT2D eigenvalue weighted by atomic mass is 32.2. The lowest BCUT2D eigenvalue weighted by atomic mass is 10.1. The van der Waals surface area contributed by atoms with Crippen molar-refractivity contribution in [3.8, 4) is 0 Å². The van der Waals surface area contributed by atoms with Gasteiger partial charge in [-0.15, -0.1) is 0 Å². The first kappa shape index (κ1) is 14.8. The summed E-state index contributed by atoms with van der Waals surface area (Å²) in [5, 5.41) is 8.65. The van der Waals surface area contributed by atoms with Crippen LogP contribution in [0.5, 0.6) is 0 Å². The smallest absolute Gasteiger partial charge is 0.328 e. The molecule has 1 rings (SSSR count). The Balaban J connectivity index is 2.62. The van der Waals surface area contributed by atoms with E-state index in [0.29, 0.717) is 0 Å². The zero-order valence-corrected chi connectivity index (χ0v) is 11.7. The second kappa shape index (κ2) is 7.98. The van der Waals surface area contributed by atoms with Crippen LogP contribution in [0, 0.1) is 5.92 Å². The summed E-state index contributed by atoms with van der Waals surface area (Å²) in [4.78, 5) is 10.5. The molecule has 1 N–H and O–H groups in total. The van der Waals surface area contributed by atoms with Gasteiger partial charge >= 0.3 is 5.97 Å². The molecule has 0 aliphatic heterocycles. The van der Waals surface area contributed by atoms with Crippen LogP contribution in [-0.2, 0) is 10.5 Å². The molecule has 2 nitrogen and oxygen atoms in total. The number of rotatable bonds is 7. The van der Waals surface area contributed by atoms with E-state index in [0.717, 1.165) is 23.0 Å². The minimum absolute atomic E-state index is 0.733. The average molecular weight is 264 g/mol. The number of hydrogen-bond acceptors (Lipinski definition) is 2. The molecular formula is C15H20O2S. The Morgan fingerprint density at radius 3 is 2.83 bits per heavy atom. The number of thioether (sulfide) groups is 1. The van der Waals surface area contributed by atoms with Crippen LogP contribution < -0.4 is 0 Å². The molecule has 0 saturated heterocycles. The zero-order valence-electron chi connectivity index (χ0n) is 10.9. The molecule has 1 aromatic rings. The highest BCUT2D eigenvalue weighted by Crippen LogP contribution is 2.20. The normalized spacial score (nSPS) is 12.8. The number of carboxylic acid groups (broad SMARTS) is 1. The molecule has 0 amide bonds. The summed E-state index contributed by atoms with van der Waals surface area (Å²) in [6.45, 7) is 4.46. The van der Waals surface area contributed by atoms with Crippen LogP contribution in [0.25, 0.3) is 6.08 Å². The standard InChI is InChI=1S/C15H20O2S/c1-3-12(2)10-18-11-14-7-5-4-6-13(14)8-9-15(16)17/h4-9,12H,3,10-11H2,1-2H3,(H,16,17)/b9-8+. The summed E-state index contributed by atoms with van der Waals surface area (Å²) in [5.41, 5.74) is 2.19. The predicted octanol–water partition coefficient (Wildman–Crippen LogP) is 4.06. The van der Waals surface area contributed by atoms with Gasteiger partial charge in [0.1, 0.15) is 0 Å². The number of carbonyl (C=O) groups is 1. The third-order valence-corrected chi connectivity index (χ3v) is 4.14. The van der Waals surface area contributed by atoms with Gasteiger partial charge in [-0.25, -0.2) is 4.79 Å². The van der Waals surface area contributed by atoms with Gasteiger partial charge < -0.3 is 5.11 Å². The summed E-state index contributed by atoms with van der Waals surface area (Å²) in [6, 6.07) is 7.95. The Kier molecular flexibility index (Phi) is 6.58. The highest BCUT2D eigenvalue weighted by molar-refractivity contribution is 7.98. The Labute approximate surface area is 113 Å². The summed E-state index contributed by atoms with van der Waals surface area (Å²) in [5.74, 6) is 1.91. The molecule has 1 unspecified atom stereocenters. The number of hydrogen-bond donors (Lipinski definition) is 1. The van der Waals surface area contributed by atoms with Gasteiger partial charge in [0, 0.05) is 11.8 Å². The number of aliphatic carboxylic acids is 1. The second-order valence-electron chi connectivity index (χ2n) is 4.40. The number of benzene rings is 1. The third-order valence-electron chi connectivity index (χ3n) is 2.82. The highest BCUT2D eigenvalue weighted by Gasteiger charge is 2.02. The first-order valence-electron chi connectivity index (χ1n) is 6.20. The molecule has 0 saturated carbocycles. The van der Waals surface area contributed by atoms with Crippen molar-refractivity contribution in [1.29, 1.82) is 0 Å². The van der Waals surface area contributed by atoms with Crippen LogP contribution >= 0.6 is 11.8 Å². The Hall–Kier alpha value is -1.22. The van der Waals surface area contributed by atoms with E-state index in [9.17, 15) is 4.79 Å². The molecule has 98 valence electrons. The fraction of sp³-hybridized carbons (Fsp3) is 0.400. The van der Waals surface area contributed by atoms with Gasteiger partial charge in [-0.1, -0.05) is 44.5 Å². The van der Waals surface area contributed by atoms with Crippen LogP contribution in [0.4, 0.5) is 0 Å². The molecule has 1 atom stereocenters. The molecule has 3 heteroatoms. The zero-order chi connectivity index (χ0) is 13.4. The molecule has 0 fully saturated rings. The van der Waals surface area contributed by atoms with E-state index in [1.807, 2.05) is 30.0 Å². The lowest BCUT2D eigenvalue weighted by Gasteiger charge is -2.09. The number of carboxylic acids is 1. The summed E-state index contributed by atoms with van der Waals surface area (Å²) in [6.07, 6.45) is 4.06. The Bertz CT molecular complexity index is 413. The monoisotopic (exact) mass is 264 g/mol. The maximum absolute atomic E-state index is 10.5. The maximum atomic E-state index is 10.5. The van der Waals surface area contributed by atoms with Crippen LogP contribution in [0.2, 0.25) is 0 Å². The van der Waals surface area contributed by atoms with Crippen molar-refractivity contribution < 1.29 is 9.90 Å². The minimum Gasteiger partial charge on any atom is -0.478 e. The van der Waals surface area contributed by atoms with E-state index in [1.165, 1.54) is 18.1 Å². The Morgan fingerprint density at radius 1 is 1.44 bits per heavy atom.